The maximum atomic E-state index is 6.52. The van der Waals surface area contributed by atoms with E-state index in [1.54, 1.807) is 0 Å². The average molecular weight is 261 g/mol. The zero-order chi connectivity index (χ0) is 13.8. The second-order valence-electron chi connectivity index (χ2n) is 5.83. The molecule has 2 heteroatoms. The average Bonchev–Trinajstić information content (AvgIpc) is 2.43. The molecular formula is C17H27NO. The van der Waals surface area contributed by atoms with Crippen LogP contribution in [0.4, 0.5) is 0 Å². The number of aryl methyl sites for hydroxylation is 2. The van der Waals surface area contributed by atoms with E-state index in [0.29, 0.717) is 12.5 Å². The van der Waals surface area contributed by atoms with Crippen LogP contribution in [0.25, 0.3) is 0 Å². The molecule has 0 saturated heterocycles. The second kappa shape index (κ2) is 6.42. The summed E-state index contributed by atoms with van der Waals surface area (Å²) in [4.78, 5) is 0. The minimum absolute atomic E-state index is 0.190. The lowest BCUT2D eigenvalue weighted by molar-refractivity contribution is 0.306. The van der Waals surface area contributed by atoms with E-state index >= 15 is 0 Å². The lowest BCUT2D eigenvalue weighted by Gasteiger charge is -2.29. The van der Waals surface area contributed by atoms with E-state index in [1.807, 2.05) is 6.92 Å². The molecule has 0 aromatic heterocycles. The number of hydrogen-bond donors (Lipinski definition) is 1. The molecule has 106 valence electrons. The van der Waals surface area contributed by atoms with Crippen LogP contribution in [-0.4, -0.2) is 6.61 Å². The number of rotatable bonds is 4. The molecule has 0 amide bonds. The summed E-state index contributed by atoms with van der Waals surface area (Å²) in [5.41, 5.74) is 10.3. The Labute approximate surface area is 117 Å². The van der Waals surface area contributed by atoms with Crippen molar-refractivity contribution >= 4 is 0 Å². The molecule has 1 aliphatic carbocycles. The van der Waals surface area contributed by atoms with E-state index in [2.05, 4.69) is 26.0 Å². The first-order valence-electron chi connectivity index (χ1n) is 7.63. The zero-order valence-electron chi connectivity index (χ0n) is 12.5. The van der Waals surface area contributed by atoms with Gasteiger partial charge in [0, 0.05) is 6.04 Å². The van der Waals surface area contributed by atoms with Gasteiger partial charge in [-0.1, -0.05) is 25.3 Å². The van der Waals surface area contributed by atoms with Gasteiger partial charge in [0.2, 0.25) is 0 Å². The van der Waals surface area contributed by atoms with E-state index in [4.69, 9.17) is 10.5 Å². The van der Waals surface area contributed by atoms with Gasteiger partial charge < -0.3 is 10.5 Å². The van der Waals surface area contributed by atoms with E-state index < -0.39 is 0 Å². The van der Waals surface area contributed by atoms with Gasteiger partial charge in [0.1, 0.15) is 5.75 Å². The van der Waals surface area contributed by atoms with Gasteiger partial charge in [-0.15, -0.1) is 0 Å². The number of nitrogens with two attached hydrogens (primary N) is 1. The Kier molecular flexibility index (Phi) is 4.87. The SMILES string of the molecule is CCOc1cc(C)c(C(N)C2CCCCC2)cc1C. The van der Waals surface area contributed by atoms with Crippen LogP contribution < -0.4 is 10.5 Å². The van der Waals surface area contributed by atoms with Crippen LogP contribution in [0.5, 0.6) is 5.75 Å². The van der Waals surface area contributed by atoms with Gasteiger partial charge in [0.25, 0.3) is 0 Å². The van der Waals surface area contributed by atoms with E-state index in [1.165, 1.54) is 48.8 Å². The molecule has 1 aliphatic rings. The van der Waals surface area contributed by atoms with Gasteiger partial charge in [-0.2, -0.15) is 0 Å². The summed E-state index contributed by atoms with van der Waals surface area (Å²) in [6.07, 6.45) is 6.63. The molecule has 1 atom stereocenters. The van der Waals surface area contributed by atoms with Gasteiger partial charge in [0.05, 0.1) is 6.61 Å². The van der Waals surface area contributed by atoms with Crippen molar-refractivity contribution in [2.24, 2.45) is 11.7 Å². The molecule has 19 heavy (non-hydrogen) atoms. The van der Waals surface area contributed by atoms with E-state index in [0.717, 1.165) is 5.75 Å². The number of ether oxygens (including phenoxy) is 1. The lowest BCUT2D eigenvalue weighted by Crippen LogP contribution is -2.24. The normalized spacial score (nSPS) is 18.3. The van der Waals surface area contributed by atoms with Crippen molar-refractivity contribution in [2.75, 3.05) is 6.61 Å². The molecule has 0 radical (unpaired) electrons. The molecule has 2 N–H and O–H groups in total. The molecule has 1 unspecified atom stereocenters. The van der Waals surface area contributed by atoms with E-state index in [-0.39, 0.29) is 6.04 Å². The molecule has 1 aromatic carbocycles. The van der Waals surface area contributed by atoms with Crippen molar-refractivity contribution in [1.82, 2.24) is 0 Å². The molecule has 1 saturated carbocycles. The predicted molar refractivity (Wildman–Crippen MR) is 80.6 cm³/mol. The van der Waals surface area contributed by atoms with Crippen LogP contribution in [0.3, 0.4) is 0 Å². The van der Waals surface area contributed by atoms with Crippen LogP contribution in [0.2, 0.25) is 0 Å². The monoisotopic (exact) mass is 261 g/mol. The van der Waals surface area contributed by atoms with Gasteiger partial charge in [-0.25, -0.2) is 0 Å². The minimum Gasteiger partial charge on any atom is -0.494 e. The van der Waals surface area contributed by atoms with Gasteiger partial charge in [-0.3, -0.25) is 0 Å². The topological polar surface area (TPSA) is 35.2 Å². The first-order chi connectivity index (χ1) is 9.13. The lowest BCUT2D eigenvalue weighted by atomic mass is 9.80. The van der Waals surface area contributed by atoms with Crippen molar-refractivity contribution in [3.8, 4) is 5.75 Å². The first-order valence-corrected chi connectivity index (χ1v) is 7.63. The zero-order valence-corrected chi connectivity index (χ0v) is 12.5. The Morgan fingerprint density at radius 3 is 2.47 bits per heavy atom. The highest BCUT2D eigenvalue weighted by atomic mass is 16.5. The smallest absolute Gasteiger partial charge is 0.122 e. The third-order valence-electron chi connectivity index (χ3n) is 4.38. The first kappa shape index (κ1) is 14.4. The van der Waals surface area contributed by atoms with Crippen LogP contribution in [-0.2, 0) is 0 Å². The highest BCUT2D eigenvalue weighted by Gasteiger charge is 2.23. The van der Waals surface area contributed by atoms with Crippen LogP contribution >= 0.6 is 0 Å². The van der Waals surface area contributed by atoms with Crippen LogP contribution in [0.1, 0.15) is 61.8 Å². The molecular weight excluding hydrogens is 234 g/mol. The van der Waals surface area contributed by atoms with Crippen molar-refractivity contribution < 1.29 is 4.74 Å². The van der Waals surface area contributed by atoms with Crippen molar-refractivity contribution in [3.05, 3.63) is 28.8 Å². The van der Waals surface area contributed by atoms with Crippen molar-refractivity contribution in [1.29, 1.82) is 0 Å². The Balaban J connectivity index is 2.21. The summed E-state index contributed by atoms with van der Waals surface area (Å²) in [5, 5.41) is 0. The van der Waals surface area contributed by atoms with Gasteiger partial charge in [0.15, 0.2) is 0 Å². The number of benzene rings is 1. The van der Waals surface area contributed by atoms with Gasteiger partial charge in [-0.05, 0) is 62.3 Å². The fourth-order valence-electron chi connectivity index (χ4n) is 3.23. The Bertz CT molecular complexity index is 422. The summed E-state index contributed by atoms with van der Waals surface area (Å²) in [7, 11) is 0. The fourth-order valence-corrected chi connectivity index (χ4v) is 3.23. The summed E-state index contributed by atoms with van der Waals surface area (Å²) in [6.45, 7) is 7.01. The molecule has 0 aliphatic heterocycles. The molecule has 2 nitrogen and oxygen atoms in total. The molecule has 1 fully saturated rings. The predicted octanol–water partition coefficient (Wildman–Crippen LogP) is 4.28. The highest BCUT2D eigenvalue weighted by Crippen LogP contribution is 2.35. The third-order valence-corrected chi connectivity index (χ3v) is 4.38. The van der Waals surface area contributed by atoms with Crippen molar-refractivity contribution in [3.63, 3.8) is 0 Å². The molecule has 0 bridgehead atoms. The summed E-state index contributed by atoms with van der Waals surface area (Å²) >= 11 is 0. The van der Waals surface area contributed by atoms with Crippen LogP contribution in [0, 0.1) is 19.8 Å². The summed E-state index contributed by atoms with van der Waals surface area (Å²) < 4.78 is 5.66. The third kappa shape index (κ3) is 3.30. The largest absolute Gasteiger partial charge is 0.494 e. The minimum atomic E-state index is 0.190. The standard InChI is InChI=1S/C17H27NO/c1-4-19-16-11-12(2)15(10-13(16)3)17(18)14-8-6-5-7-9-14/h10-11,14,17H,4-9,18H2,1-3H3. The molecule has 0 heterocycles. The van der Waals surface area contributed by atoms with Gasteiger partial charge >= 0.3 is 0 Å². The molecule has 0 spiro atoms. The molecule has 2 rings (SSSR count). The second-order valence-corrected chi connectivity index (χ2v) is 5.83. The quantitative estimate of drug-likeness (QED) is 0.878. The maximum absolute atomic E-state index is 6.52. The highest BCUT2D eigenvalue weighted by molar-refractivity contribution is 5.43. The maximum Gasteiger partial charge on any atom is 0.122 e. The van der Waals surface area contributed by atoms with Crippen molar-refractivity contribution in [2.45, 2.75) is 58.9 Å². The molecule has 1 aromatic rings. The van der Waals surface area contributed by atoms with Crippen LogP contribution in [0.15, 0.2) is 12.1 Å². The Morgan fingerprint density at radius 1 is 1.16 bits per heavy atom. The Morgan fingerprint density at radius 2 is 1.84 bits per heavy atom. The number of hydrogen-bond acceptors (Lipinski definition) is 2. The Hall–Kier alpha value is -1.02. The summed E-state index contributed by atoms with van der Waals surface area (Å²) in [5.74, 6) is 1.66. The van der Waals surface area contributed by atoms with E-state index in [9.17, 15) is 0 Å². The fraction of sp³-hybridized carbons (Fsp3) is 0.647. The summed E-state index contributed by atoms with van der Waals surface area (Å²) in [6, 6.07) is 4.57.